The molecule has 3 heteroatoms. The third-order valence-corrected chi connectivity index (χ3v) is 4.30. The molecular formula is C14H26N2S. The van der Waals surface area contributed by atoms with E-state index in [9.17, 15) is 0 Å². The van der Waals surface area contributed by atoms with Crippen LogP contribution in [0, 0.1) is 6.92 Å². The van der Waals surface area contributed by atoms with Gasteiger partial charge < -0.3 is 5.73 Å². The quantitative estimate of drug-likeness (QED) is 0.654. The van der Waals surface area contributed by atoms with Crippen molar-refractivity contribution in [2.75, 3.05) is 0 Å². The second kappa shape index (κ2) is 8.65. The molecule has 1 unspecified atom stereocenters. The molecule has 0 radical (unpaired) electrons. The van der Waals surface area contributed by atoms with E-state index in [-0.39, 0.29) is 6.04 Å². The number of nitrogens with zero attached hydrogens (tertiary/aromatic N) is 1. The molecule has 0 aliphatic rings. The lowest BCUT2D eigenvalue weighted by Gasteiger charge is -2.09. The van der Waals surface area contributed by atoms with Gasteiger partial charge in [0.1, 0.15) is 0 Å². The maximum absolute atomic E-state index is 6.17. The van der Waals surface area contributed by atoms with Crippen LogP contribution in [0.3, 0.4) is 0 Å². The zero-order valence-electron chi connectivity index (χ0n) is 11.2. The second-order valence-corrected chi connectivity index (χ2v) is 5.70. The monoisotopic (exact) mass is 254 g/mol. The zero-order valence-corrected chi connectivity index (χ0v) is 12.1. The summed E-state index contributed by atoms with van der Waals surface area (Å²) >= 11 is 1.70. The van der Waals surface area contributed by atoms with E-state index in [0.717, 1.165) is 12.1 Å². The second-order valence-electron chi connectivity index (χ2n) is 4.82. The molecule has 1 aromatic heterocycles. The van der Waals surface area contributed by atoms with Gasteiger partial charge in [-0.15, -0.1) is 11.3 Å². The Hall–Kier alpha value is -0.410. The van der Waals surface area contributed by atoms with Crippen molar-refractivity contribution in [2.45, 2.75) is 71.3 Å². The number of hydrogen-bond acceptors (Lipinski definition) is 3. The first-order chi connectivity index (χ1) is 8.25. The van der Waals surface area contributed by atoms with E-state index < -0.39 is 0 Å². The molecule has 0 aromatic carbocycles. The van der Waals surface area contributed by atoms with Gasteiger partial charge in [-0.3, -0.25) is 0 Å². The largest absolute Gasteiger partial charge is 0.323 e. The summed E-state index contributed by atoms with van der Waals surface area (Å²) in [7, 11) is 0. The topological polar surface area (TPSA) is 38.9 Å². The van der Waals surface area contributed by atoms with E-state index in [0.29, 0.717) is 0 Å². The van der Waals surface area contributed by atoms with Crippen LogP contribution in [0.4, 0.5) is 0 Å². The maximum Gasteiger partial charge on any atom is 0.0798 e. The minimum atomic E-state index is 0.207. The first kappa shape index (κ1) is 14.7. The van der Waals surface area contributed by atoms with Gasteiger partial charge in [-0.2, -0.15) is 0 Å². The molecule has 0 fully saturated rings. The molecular weight excluding hydrogens is 228 g/mol. The van der Waals surface area contributed by atoms with Crippen molar-refractivity contribution in [1.82, 2.24) is 4.98 Å². The molecule has 1 aromatic rings. The van der Waals surface area contributed by atoms with Gasteiger partial charge >= 0.3 is 0 Å². The van der Waals surface area contributed by atoms with Crippen LogP contribution in [-0.2, 0) is 0 Å². The van der Waals surface area contributed by atoms with E-state index in [1.165, 1.54) is 49.8 Å². The molecule has 2 nitrogen and oxygen atoms in total. The minimum absolute atomic E-state index is 0.207. The summed E-state index contributed by atoms with van der Waals surface area (Å²) in [6.07, 6.45) is 10.6. The number of unbranched alkanes of at least 4 members (excludes halogenated alkanes) is 6. The van der Waals surface area contributed by atoms with Crippen LogP contribution in [0.25, 0.3) is 0 Å². The van der Waals surface area contributed by atoms with Crippen LogP contribution in [-0.4, -0.2) is 4.98 Å². The standard InChI is InChI=1S/C14H26N2S/c1-3-4-5-6-7-8-9-10-13(15)14-12(2)16-11-17-14/h11,13H,3-10,15H2,1-2H3. The highest BCUT2D eigenvalue weighted by molar-refractivity contribution is 7.09. The van der Waals surface area contributed by atoms with Gasteiger partial charge in [0.15, 0.2) is 0 Å². The van der Waals surface area contributed by atoms with Gasteiger partial charge in [-0.1, -0.05) is 51.9 Å². The Morgan fingerprint density at radius 1 is 1.18 bits per heavy atom. The lowest BCUT2D eigenvalue weighted by atomic mass is 10.0. The highest BCUT2D eigenvalue weighted by Gasteiger charge is 2.10. The molecule has 98 valence electrons. The van der Waals surface area contributed by atoms with Gasteiger partial charge in [0.05, 0.1) is 11.2 Å². The molecule has 0 saturated carbocycles. The number of nitrogens with two attached hydrogens (primary N) is 1. The van der Waals surface area contributed by atoms with Crippen molar-refractivity contribution in [2.24, 2.45) is 5.73 Å². The fourth-order valence-corrected chi connectivity index (χ4v) is 2.96. The fourth-order valence-electron chi connectivity index (χ4n) is 2.12. The molecule has 0 aliphatic heterocycles. The number of rotatable bonds is 9. The summed E-state index contributed by atoms with van der Waals surface area (Å²) in [5.41, 5.74) is 9.19. The normalized spacial score (nSPS) is 12.9. The van der Waals surface area contributed by atoms with E-state index in [4.69, 9.17) is 5.73 Å². The smallest absolute Gasteiger partial charge is 0.0798 e. The molecule has 2 N–H and O–H groups in total. The van der Waals surface area contributed by atoms with E-state index in [1.807, 2.05) is 5.51 Å². The van der Waals surface area contributed by atoms with Crippen molar-refractivity contribution >= 4 is 11.3 Å². The summed E-state index contributed by atoms with van der Waals surface area (Å²) in [5.74, 6) is 0. The third kappa shape index (κ3) is 5.64. The molecule has 0 bridgehead atoms. The fraction of sp³-hybridized carbons (Fsp3) is 0.786. The Labute approximate surface area is 110 Å². The number of hydrogen-bond donors (Lipinski definition) is 1. The molecule has 0 amide bonds. The van der Waals surface area contributed by atoms with Crippen LogP contribution in [0.5, 0.6) is 0 Å². The predicted octanol–water partition coefficient (Wildman–Crippen LogP) is 4.59. The summed E-state index contributed by atoms with van der Waals surface area (Å²) in [6.45, 7) is 4.31. The van der Waals surface area contributed by atoms with Crippen LogP contribution in [0.2, 0.25) is 0 Å². The van der Waals surface area contributed by atoms with Crippen LogP contribution >= 0.6 is 11.3 Å². The Morgan fingerprint density at radius 2 is 1.82 bits per heavy atom. The highest BCUT2D eigenvalue weighted by Crippen LogP contribution is 2.24. The lowest BCUT2D eigenvalue weighted by molar-refractivity contribution is 0.543. The molecule has 0 aliphatic carbocycles. The van der Waals surface area contributed by atoms with Gasteiger partial charge in [-0.05, 0) is 13.3 Å². The Kier molecular flexibility index (Phi) is 7.45. The molecule has 0 saturated heterocycles. The maximum atomic E-state index is 6.17. The molecule has 1 rings (SSSR count). The van der Waals surface area contributed by atoms with E-state index in [2.05, 4.69) is 18.8 Å². The summed E-state index contributed by atoms with van der Waals surface area (Å²) in [4.78, 5) is 5.53. The van der Waals surface area contributed by atoms with Crippen molar-refractivity contribution in [3.63, 3.8) is 0 Å². The highest BCUT2D eigenvalue weighted by atomic mass is 32.1. The average molecular weight is 254 g/mol. The van der Waals surface area contributed by atoms with Crippen molar-refractivity contribution < 1.29 is 0 Å². The van der Waals surface area contributed by atoms with Crippen LogP contribution in [0.15, 0.2) is 5.51 Å². The summed E-state index contributed by atoms with van der Waals surface area (Å²) < 4.78 is 0. The molecule has 0 spiro atoms. The molecule has 1 heterocycles. The van der Waals surface area contributed by atoms with Gasteiger partial charge in [-0.25, -0.2) is 4.98 Å². The lowest BCUT2D eigenvalue weighted by Crippen LogP contribution is -2.09. The summed E-state index contributed by atoms with van der Waals surface area (Å²) in [6, 6.07) is 0.207. The van der Waals surface area contributed by atoms with Crippen LogP contribution < -0.4 is 5.73 Å². The van der Waals surface area contributed by atoms with Gasteiger partial charge in [0.2, 0.25) is 0 Å². The first-order valence-electron chi connectivity index (χ1n) is 6.91. The Bertz CT molecular complexity index is 296. The van der Waals surface area contributed by atoms with Crippen molar-refractivity contribution in [1.29, 1.82) is 0 Å². The van der Waals surface area contributed by atoms with E-state index in [1.54, 1.807) is 11.3 Å². The molecule has 1 atom stereocenters. The Balaban J connectivity index is 2.05. The SMILES string of the molecule is CCCCCCCCCC(N)c1scnc1C. The average Bonchev–Trinajstić information content (AvgIpc) is 2.74. The summed E-state index contributed by atoms with van der Waals surface area (Å²) in [5, 5.41) is 0. The zero-order chi connectivity index (χ0) is 12.5. The van der Waals surface area contributed by atoms with Crippen molar-refractivity contribution in [3.8, 4) is 0 Å². The van der Waals surface area contributed by atoms with Crippen molar-refractivity contribution in [3.05, 3.63) is 16.1 Å². The van der Waals surface area contributed by atoms with Gasteiger partial charge in [0, 0.05) is 10.9 Å². The predicted molar refractivity (Wildman–Crippen MR) is 76.4 cm³/mol. The minimum Gasteiger partial charge on any atom is -0.323 e. The number of aromatic nitrogens is 1. The van der Waals surface area contributed by atoms with Gasteiger partial charge in [0.25, 0.3) is 0 Å². The Morgan fingerprint density at radius 3 is 2.41 bits per heavy atom. The molecule has 17 heavy (non-hydrogen) atoms. The number of aryl methyl sites for hydroxylation is 1. The number of thiazole rings is 1. The first-order valence-corrected chi connectivity index (χ1v) is 7.79. The third-order valence-electron chi connectivity index (χ3n) is 3.24. The van der Waals surface area contributed by atoms with Crippen LogP contribution in [0.1, 0.15) is 74.9 Å². The van der Waals surface area contributed by atoms with E-state index >= 15 is 0 Å².